The van der Waals surface area contributed by atoms with E-state index in [0.29, 0.717) is 10.9 Å². The maximum Gasteiger partial charge on any atom is 0.255 e. The lowest BCUT2D eigenvalue weighted by Crippen LogP contribution is -2.11. The molecule has 1 N–H and O–H groups in total. The van der Waals surface area contributed by atoms with Crippen LogP contribution in [-0.2, 0) is 0 Å². The molecule has 0 aliphatic rings. The van der Waals surface area contributed by atoms with Crippen molar-refractivity contribution in [3.05, 3.63) is 17.0 Å². The Morgan fingerprint density at radius 3 is 3.22 bits per heavy atom. The number of aromatic nitrogens is 4. The summed E-state index contributed by atoms with van der Waals surface area (Å²) in [5.41, 5.74) is 0.858. The van der Waals surface area contributed by atoms with Crippen LogP contribution in [0.15, 0.2) is 6.33 Å². The third-order valence-electron chi connectivity index (χ3n) is 2.33. The maximum absolute atomic E-state index is 6.05. The molecule has 0 bridgehead atoms. The molecule has 0 atom stereocenters. The molecule has 94 valence electrons. The minimum absolute atomic E-state index is 0.439. The highest BCUT2D eigenvalue weighted by molar-refractivity contribution is 7.99. The zero-order valence-electron chi connectivity index (χ0n) is 9.85. The first kappa shape index (κ1) is 13.0. The van der Waals surface area contributed by atoms with Gasteiger partial charge in [0, 0.05) is 17.9 Å². The van der Waals surface area contributed by atoms with Crippen LogP contribution in [-0.4, -0.2) is 37.6 Å². The van der Waals surface area contributed by atoms with E-state index in [0.717, 1.165) is 29.4 Å². The Kier molecular flexibility index (Phi) is 4.28. The lowest BCUT2D eigenvalue weighted by atomic mass is 10.3. The zero-order valence-corrected chi connectivity index (χ0v) is 11.4. The van der Waals surface area contributed by atoms with Crippen molar-refractivity contribution >= 4 is 35.0 Å². The van der Waals surface area contributed by atoms with E-state index in [-0.39, 0.29) is 0 Å². The Balaban J connectivity index is 2.14. The molecule has 0 aliphatic carbocycles. The van der Waals surface area contributed by atoms with Gasteiger partial charge in [-0.2, -0.15) is 19.6 Å². The predicted octanol–water partition coefficient (Wildman–Crippen LogP) is 1.86. The maximum atomic E-state index is 6.05. The summed E-state index contributed by atoms with van der Waals surface area (Å²) in [4.78, 5) is 8.16. The van der Waals surface area contributed by atoms with E-state index in [1.54, 1.807) is 16.3 Å². The molecule has 0 saturated heterocycles. The van der Waals surface area contributed by atoms with Crippen LogP contribution < -0.4 is 5.32 Å². The molecule has 0 saturated carbocycles. The second-order valence-electron chi connectivity index (χ2n) is 3.53. The summed E-state index contributed by atoms with van der Waals surface area (Å²) in [7, 11) is 0. The van der Waals surface area contributed by atoms with Crippen molar-refractivity contribution in [3.63, 3.8) is 0 Å². The molecule has 0 amide bonds. The van der Waals surface area contributed by atoms with Gasteiger partial charge in [0.25, 0.3) is 5.78 Å². The number of halogens is 1. The number of nitrogens with one attached hydrogen (secondary N) is 1. The second-order valence-corrected chi connectivity index (χ2v) is 4.99. The van der Waals surface area contributed by atoms with Crippen LogP contribution >= 0.6 is 23.4 Å². The van der Waals surface area contributed by atoms with Crippen molar-refractivity contribution in [2.45, 2.75) is 6.92 Å². The lowest BCUT2D eigenvalue weighted by molar-refractivity contribution is 0.922. The van der Waals surface area contributed by atoms with Crippen molar-refractivity contribution in [2.24, 2.45) is 0 Å². The Morgan fingerprint density at radius 2 is 2.44 bits per heavy atom. The third-order valence-corrected chi connectivity index (χ3v) is 3.56. The molecule has 18 heavy (non-hydrogen) atoms. The molecule has 2 aromatic heterocycles. The molecule has 2 heterocycles. The Labute approximate surface area is 114 Å². The zero-order chi connectivity index (χ0) is 13.0. The molecule has 0 aromatic carbocycles. The van der Waals surface area contributed by atoms with E-state index in [9.17, 15) is 0 Å². The van der Waals surface area contributed by atoms with Crippen molar-refractivity contribution in [1.82, 2.24) is 19.6 Å². The molecular weight excluding hydrogens is 270 g/mol. The van der Waals surface area contributed by atoms with Crippen LogP contribution in [0.5, 0.6) is 0 Å². The van der Waals surface area contributed by atoms with Crippen molar-refractivity contribution < 1.29 is 0 Å². The minimum atomic E-state index is 0.439. The number of fused-ring (bicyclic) bond motifs is 1. The van der Waals surface area contributed by atoms with Gasteiger partial charge in [0.1, 0.15) is 17.3 Å². The van der Waals surface area contributed by atoms with Crippen molar-refractivity contribution in [1.29, 1.82) is 0 Å². The van der Waals surface area contributed by atoms with E-state index in [2.05, 4.69) is 26.3 Å². The molecule has 7 heteroatoms. The van der Waals surface area contributed by atoms with Crippen molar-refractivity contribution in [3.8, 4) is 12.3 Å². The fourth-order valence-electron chi connectivity index (χ4n) is 1.48. The molecule has 5 nitrogen and oxygen atoms in total. The lowest BCUT2D eigenvalue weighted by Gasteiger charge is -2.11. The third kappa shape index (κ3) is 2.68. The summed E-state index contributed by atoms with van der Waals surface area (Å²) in [6, 6.07) is 0. The number of terminal acetylenes is 1. The molecule has 2 rings (SSSR count). The first-order valence-electron chi connectivity index (χ1n) is 5.35. The number of anilines is 1. The summed E-state index contributed by atoms with van der Waals surface area (Å²) in [6.07, 6.45) is 6.64. The first-order valence-corrected chi connectivity index (χ1v) is 6.88. The van der Waals surface area contributed by atoms with Gasteiger partial charge in [-0.05, 0) is 6.92 Å². The van der Waals surface area contributed by atoms with Gasteiger partial charge >= 0.3 is 0 Å². The predicted molar refractivity (Wildman–Crippen MR) is 75.2 cm³/mol. The Morgan fingerprint density at radius 1 is 1.61 bits per heavy atom. The van der Waals surface area contributed by atoms with Crippen LogP contribution in [0.1, 0.15) is 5.56 Å². The fraction of sp³-hybridized carbons (Fsp3) is 0.364. The van der Waals surface area contributed by atoms with Gasteiger partial charge in [0.15, 0.2) is 0 Å². The largest absolute Gasteiger partial charge is 0.369 e. The minimum Gasteiger partial charge on any atom is -0.369 e. The van der Waals surface area contributed by atoms with Gasteiger partial charge in [0.2, 0.25) is 0 Å². The molecule has 2 aromatic rings. The van der Waals surface area contributed by atoms with Crippen LogP contribution in [0.3, 0.4) is 0 Å². The van der Waals surface area contributed by atoms with Crippen LogP contribution in [0.2, 0.25) is 5.15 Å². The topological polar surface area (TPSA) is 55.1 Å². The highest BCUT2D eigenvalue weighted by Crippen LogP contribution is 2.21. The highest BCUT2D eigenvalue weighted by atomic mass is 35.5. The van der Waals surface area contributed by atoms with Crippen LogP contribution in [0, 0.1) is 19.3 Å². The molecule has 0 spiro atoms. The summed E-state index contributed by atoms with van der Waals surface area (Å²) >= 11 is 7.75. The molecule has 0 aliphatic heterocycles. The van der Waals surface area contributed by atoms with E-state index >= 15 is 0 Å². The average Bonchev–Trinajstić information content (AvgIpc) is 2.81. The molecule has 0 fully saturated rings. The van der Waals surface area contributed by atoms with E-state index in [4.69, 9.17) is 18.0 Å². The number of rotatable bonds is 5. The van der Waals surface area contributed by atoms with Gasteiger partial charge < -0.3 is 5.32 Å². The average molecular weight is 282 g/mol. The van der Waals surface area contributed by atoms with Gasteiger partial charge in [-0.25, -0.2) is 0 Å². The quantitative estimate of drug-likeness (QED) is 0.515. The van der Waals surface area contributed by atoms with E-state index in [1.165, 1.54) is 6.33 Å². The van der Waals surface area contributed by atoms with Crippen molar-refractivity contribution in [2.75, 3.05) is 23.4 Å². The molecule has 0 radical (unpaired) electrons. The van der Waals surface area contributed by atoms with Gasteiger partial charge in [-0.15, -0.1) is 18.2 Å². The summed E-state index contributed by atoms with van der Waals surface area (Å²) in [6.45, 7) is 2.68. The standard InChI is InChI=1S/C11H12ClN5S/c1-3-5-18-6-4-13-10-8(2)9(12)16-11-14-7-15-17(10)11/h1,7,13H,4-6H2,2H3. The normalized spacial score (nSPS) is 10.5. The summed E-state index contributed by atoms with van der Waals surface area (Å²) in [5.74, 6) is 5.54. The van der Waals surface area contributed by atoms with Gasteiger partial charge in [0.05, 0.1) is 5.75 Å². The number of hydrogen-bond donors (Lipinski definition) is 1. The van der Waals surface area contributed by atoms with Gasteiger partial charge in [-0.1, -0.05) is 17.5 Å². The van der Waals surface area contributed by atoms with E-state index < -0.39 is 0 Å². The first-order chi connectivity index (χ1) is 8.74. The fourth-order valence-corrected chi connectivity index (χ4v) is 2.15. The van der Waals surface area contributed by atoms with Crippen LogP contribution in [0.25, 0.3) is 5.78 Å². The molecular formula is C11H12ClN5S. The number of hydrogen-bond acceptors (Lipinski definition) is 5. The second kappa shape index (κ2) is 5.94. The Hall–Kier alpha value is -1.45. The SMILES string of the molecule is C#CCSCCNc1c(C)c(Cl)nc2ncnn12. The number of nitrogens with zero attached hydrogens (tertiary/aromatic N) is 4. The van der Waals surface area contributed by atoms with Gasteiger partial charge in [-0.3, -0.25) is 0 Å². The number of thioether (sulfide) groups is 1. The van der Waals surface area contributed by atoms with E-state index in [1.807, 2.05) is 6.92 Å². The molecule has 0 unspecified atom stereocenters. The Bertz CT molecular complexity index is 589. The highest BCUT2D eigenvalue weighted by Gasteiger charge is 2.11. The summed E-state index contributed by atoms with van der Waals surface area (Å²) < 4.78 is 1.65. The summed E-state index contributed by atoms with van der Waals surface area (Å²) in [5, 5.41) is 7.85. The van der Waals surface area contributed by atoms with Crippen LogP contribution in [0.4, 0.5) is 5.82 Å². The monoisotopic (exact) mass is 281 g/mol. The smallest absolute Gasteiger partial charge is 0.255 e.